The second-order valence-electron chi connectivity index (χ2n) is 6.09. The molecule has 1 aliphatic carbocycles. The summed E-state index contributed by atoms with van der Waals surface area (Å²) in [6, 6.07) is 7.25. The van der Waals surface area contributed by atoms with E-state index in [1.54, 1.807) is 30.3 Å². The second-order valence-corrected chi connectivity index (χ2v) is 7.04. The number of carbonyl (C=O) groups is 2. The zero-order valence-corrected chi connectivity index (χ0v) is 15.4. The van der Waals surface area contributed by atoms with Gasteiger partial charge in [-0.2, -0.15) is 0 Å². The normalized spacial score (nSPS) is 13.3. The van der Waals surface area contributed by atoms with Crippen LogP contribution in [0.4, 0.5) is 5.69 Å². The molecule has 0 radical (unpaired) electrons. The molecule has 1 saturated carbocycles. The first-order valence-electron chi connectivity index (χ1n) is 8.41. The van der Waals surface area contributed by atoms with Gasteiger partial charge in [0.15, 0.2) is 5.16 Å². The fourth-order valence-electron chi connectivity index (χ4n) is 2.37. The number of benzene rings is 1. The van der Waals surface area contributed by atoms with Crippen molar-refractivity contribution in [2.45, 2.75) is 37.5 Å². The van der Waals surface area contributed by atoms with Gasteiger partial charge in [-0.15, -0.1) is 16.8 Å². The van der Waals surface area contributed by atoms with E-state index in [0.717, 1.165) is 18.7 Å². The van der Waals surface area contributed by atoms with Crippen LogP contribution in [0.25, 0.3) is 0 Å². The lowest BCUT2D eigenvalue weighted by atomic mass is 10.2. The van der Waals surface area contributed by atoms with Crippen molar-refractivity contribution >= 4 is 29.3 Å². The quantitative estimate of drug-likeness (QED) is 0.549. The summed E-state index contributed by atoms with van der Waals surface area (Å²) in [4.78, 5) is 24.3. The van der Waals surface area contributed by atoms with Crippen LogP contribution < -0.4 is 10.6 Å². The van der Waals surface area contributed by atoms with Crippen LogP contribution in [0, 0.1) is 6.92 Å². The maximum Gasteiger partial charge on any atom is 0.251 e. The monoisotopic (exact) mass is 371 g/mol. The maximum absolute atomic E-state index is 12.2. The molecule has 1 aromatic carbocycles. The number of hydrogen-bond donors (Lipinski definition) is 2. The number of carbonyl (C=O) groups excluding carboxylic acids is 2. The Balaban J connectivity index is 1.56. The Kier molecular flexibility index (Phi) is 5.72. The van der Waals surface area contributed by atoms with E-state index in [0.29, 0.717) is 29.0 Å². The third-order valence-electron chi connectivity index (χ3n) is 3.87. The third kappa shape index (κ3) is 4.72. The summed E-state index contributed by atoms with van der Waals surface area (Å²) in [5.41, 5.74) is 1.14. The van der Waals surface area contributed by atoms with E-state index >= 15 is 0 Å². The summed E-state index contributed by atoms with van der Waals surface area (Å²) in [7, 11) is 0. The van der Waals surface area contributed by atoms with Crippen molar-refractivity contribution in [1.29, 1.82) is 0 Å². The molecule has 2 amide bonds. The molecular weight excluding hydrogens is 350 g/mol. The van der Waals surface area contributed by atoms with Crippen molar-refractivity contribution in [3.8, 4) is 0 Å². The van der Waals surface area contributed by atoms with Crippen LogP contribution in [0.3, 0.4) is 0 Å². The lowest BCUT2D eigenvalue weighted by molar-refractivity contribution is -0.113. The number of aromatic nitrogens is 3. The molecule has 1 aromatic heterocycles. The Morgan fingerprint density at radius 1 is 1.38 bits per heavy atom. The van der Waals surface area contributed by atoms with Crippen LogP contribution in [0.5, 0.6) is 0 Å². The number of rotatable bonds is 8. The Hall–Kier alpha value is -2.61. The van der Waals surface area contributed by atoms with Gasteiger partial charge in [0, 0.05) is 23.8 Å². The zero-order chi connectivity index (χ0) is 18.5. The van der Waals surface area contributed by atoms with Crippen molar-refractivity contribution in [3.63, 3.8) is 0 Å². The van der Waals surface area contributed by atoms with Gasteiger partial charge in [0.05, 0.1) is 5.75 Å². The van der Waals surface area contributed by atoms with Crippen molar-refractivity contribution in [2.24, 2.45) is 0 Å². The molecule has 0 unspecified atom stereocenters. The highest BCUT2D eigenvalue weighted by Crippen LogP contribution is 2.20. The van der Waals surface area contributed by atoms with Crippen LogP contribution in [-0.4, -0.2) is 38.4 Å². The first kappa shape index (κ1) is 18.2. The Labute approximate surface area is 156 Å². The molecule has 2 aromatic rings. The molecule has 0 saturated heterocycles. The predicted octanol–water partition coefficient (Wildman–Crippen LogP) is 2.40. The summed E-state index contributed by atoms with van der Waals surface area (Å²) in [6.07, 6.45) is 3.84. The van der Waals surface area contributed by atoms with Gasteiger partial charge < -0.3 is 15.2 Å². The Morgan fingerprint density at radius 2 is 2.19 bits per heavy atom. The predicted molar refractivity (Wildman–Crippen MR) is 101 cm³/mol. The summed E-state index contributed by atoms with van der Waals surface area (Å²) in [5.74, 6) is 0.710. The largest absolute Gasteiger partial charge is 0.349 e. The number of hydrogen-bond acceptors (Lipinski definition) is 5. The van der Waals surface area contributed by atoms with E-state index in [1.165, 1.54) is 11.8 Å². The maximum atomic E-state index is 12.2. The summed E-state index contributed by atoms with van der Waals surface area (Å²) in [5, 5.41) is 14.5. The molecule has 0 atom stereocenters. The average molecular weight is 371 g/mol. The van der Waals surface area contributed by atoms with Gasteiger partial charge in [0.25, 0.3) is 5.91 Å². The van der Waals surface area contributed by atoms with Crippen LogP contribution in [0.1, 0.15) is 29.0 Å². The summed E-state index contributed by atoms with van der Waals surface area (Å²) < 4.78 is 1.90. The highest BCUT2D eigenvalue weighted by atomic mass is 32.2. The van der Waals surface area contributed by atoms with Gasteiger partial charge in [-0.1, -0.05) is 23.9 Å². The minimum atomic E-state index is -0.166. The van der Waals surface area contributed by atoms with E-state index in [2.05, 4.69) is 27.4 Å². The van der Waals surface area contributed by atoms with Gasteiger partial charge in [-0.25, -0.2) is 0 Å². The standard InChI is InChI=1S/C18H21N5O2S/c1-3-9-23-12(2)21-22-18(23)26-11-16(24)19-15-6-4-5-13(10-15)17(25)20-14-7-8-14/h3-6,10,14H,1,7-9,11H2,2H3,(H,19,24)(H,20,25). The fraction of sp³-hybridized carbons (Fsp3) is 0.333. The highest BCUT2D eigenvalue weighted by Gasteiger charge is 2.23. The zero-order valence-electron chi connectivity index (χ0n) is 14.6. The van der Waals surface area contributed by atoms with Gasteiger partial charge in [0.2, 0.25) is 5.91 Å². The van der Waals surface area contributed by atoms with Crippen LogP contribution in [0.15, 0.2) is 42.1 Å². The third-order valence-corrected chi connectivity index (χ3v) is 4.83. The van der Waals surface area contributed by atoms with E-state index in [4.69, 9.17) is 0 Å². The van der Waals surface area contributed by atoms with Gasteiger partial charge in [-0.3, -0.25) is 9.59 Å². The molecule has 0 aliphatic heterocycles. The number of aryl methyl sites for hydroxylation is 1. The number of amides is 2. The first-order valence-corrected chi connectivity index (χ1v) is 9.39. The first-order chi connectivity index (χ1) is 12.6. The van der Waals surface area contributed by atoms with E-state index in [9.17, 15) is 9.59 Å². The van der Waals surface area contributed by atoms with E-state index < -0.39 is 0 Å². The number of allylic oxidation sites excluding steroid dienone is 1. The second kappa shape index (κ2) is 8.18. The van der Waals surface area contributed by atoms with E-state index in [1.807, 2.05) is 11.5 Å². The summed E-state index contributed by atoms with van der Waals surface area (Å²) in [6.45, 7) is 6.17. The molecule has 136 valence electrons. The van der Waals surface area contributed by atoms with Crippen molar-refractivity contribution in [1.82, 2.24) is 20.1 Å². The topological polar surface area (TPSA) is 88.9 Å². The Morgan fingerprint density at radius 3 is 2.92 bits per heavy atom. The molecule has 0 spiro atoms. The number of nitrogens with zero attached hydrogens (tertiary/aromatic N) is 3. The molecule has 7 nitrogen and oxygen atoms in total. The van der Waals surface area contributed by atoms with Crippen molar-refractivity contribution in [3.05, 3.63) is 48.3 Å². The smallest absolute Gasteiger partial charge is 0.251 e. The van der Waals surface area contributed by atoms with Crippen LogP contribution in [0.2, 0.25) is 0 Å². The molecule has 8 heteroatoms. The summed E-state index contributed by atoms with van der Waals surface area (Å²) >= 11 is 1.31. The van der Waals surface area contributed by atoms with Gasteiger partial charge in [-0.05, 0) is 38.0 Å². The molecule has 0 bridgehead atoms. The highest BCUT2D eigenvalue weighted by molar-refractivity contribution is 7.99. The minimum Gasteiger partial charge on any atom is -0.349 e. The SMILES string of the molecule is C=CCn1c(C)nnc1SCC(=O)Nc1cccc(C(=O)NC2CC2)c1. The molecule has 1 heterocycles. The molecule has 26 heavy (non-hydrogen) atoms. The number of nitrogens with one attached hydrogen (secondary N) is 2. The number of thioether (sulfide) groups is 1. The van der Waals surface area contributed by atoms with Gasteiger partial charge in [0.1, 0.15) is 5.82 Å². The lowest BCUT2D eigenvalue weighted by Gasteiger charge is -2.08. The van der Waals surface area contributed by atoms with Crippen LogP contribution in [-0.2, 0) is 11.3 Å². The molecule has 2 N–H and O–H groups in total. The number of anilines is 1. The Bertz CT molecular complexity index is 829. The molecular formula is C18H21N5O2S. The lowest BCUT2D eigenvalue weighted by Crippen LogP contribution is -2.25. The van der Waals surface area contributed by atoms with Crippen molar-refractivity contribution in [2.75, 3.05) is 11.1 Å². The fourth-order valence-corrected chi connectivity index (χ4v) is 3.16. The molecule has 1 aliphatic rings. The van der Waals surface area contributed by atoms with Crippen LogP contribution >= 0.6 is 11.8 Å². The van der Waals surface area contributed by atoms with Gasteiger partial charge >= 0.3 is 0 Å². The van der Waals surface area contributed by atoms with E-state index in [-0.39, 0.29) is 17.6 Å². The molecule has 1 fully saturated rings. The molecule has 3 rings (SSSR count). The average Bonchev–Trinajstić information content (AvgIpc) is 3.37. The van der Waals surface area contributed by atoms with Crippen molar-refractivity contribution < 1.29 is 9.59 Å². The minimum absolute atomic E-state index is 0.106.